The largest absolute Gasteiger partial charge is 0.461 e. The predicted octanol–water partition coefficient (Wildman–Crippen LogP) is 1.25. The lowest BCUT2D eigenvalue weighted by atomic mass is 10.2. The highest BCUT2D eigenvalue weighted by Gasteiger charge is 2.12. The second kappa shape index (κ2) is 9.78. The molecular weight excluding hydrogens is 336 g/mol. The zero-order chi connectivity index (χ0) is 18.1. The van der Waals surface area contributed by atoms with Gasteiger partial charge in [0.2, 0.25) is 6.33 Å². The standard InChI is InChI=1S/C18H24N4O2S/c1-19-18(25)22(14-16-6-4-3-5-7-16)9-8-17(23)24-13-12-21-11-10-20(2)15-21/h3-7,10-11,15H,8-9,12-14H2,1-2H3/p+1. The van der Waals surface area contributed by atoms with Gasteiger partial charge in [-0.2, -0.15) is 0 Å². The molecule has 1 aromatic carbocycles. The van der Waals surface area contributed by atoms with Gasteiger partial charge < -0.3 is 15.0 Å². The second-order valence-electron chi connectivity index (χ2n) is 5.75. The van der Waals surface area contributed by atoms with Crippen LogP contribution in [0.15, 0.2) is 49.1 Å². The van der Waals surface area contributed by atoms with Crippen molar-refractivity contribution >= 4 is 23.3 Å². The molecule has 0 saturated heterocycles. The average molecular weight is 361 g/mol. The average Bonchev–Trinajstić information content (AvgIpc) is 3.04. The number of esters is 1. The van der Waals surface area contributed by atoms with Crippen molar-refractivity contribution in [3.8, 4) is 0 Å². The van der Waals surface area contributed by atoms with Crippen molar-refractivity contribution in [1.82, 2.24) is 14.8 Å². The molecule has 0 unspecified atom stereocenters. The van der Waals surface area contributed by atoms with Crippen LogP contribution in [0.5, 0.6) is 0 Å². The van der Waals surface area contributed by atoms with Crippen molar-refractivity contribution < 1.29 is 14.1 Å². The van der Waals surface area contributed by atoms with Crippen LogP contribution < -0.4 is 9.88 Å². The fourth-order valence-electron chi connectivity index (χ4n) is 2.41. The number of aryl methyl sites for hydroxylation is 1. The highest BCUT2D eigenvalue weighted by atomic mass is 32.1. The van der Waals surface area contributed by atoms with Crippen molar-refractivity contribution in [2.24, 2.45) is 7.05 Å². The molecule has 0 spiro atoms. The van der Waals surface area contributed by atoms with E-state index in [1.807, 2.05) is 70.1 Å². The van der Waals surface area contributed by atoms with Gasteiger partial charge in [0.05, 0.1) is 13.5 Å². The summed E-state index contributed by atoms with van der Waals surface area (Å²) >= 11 is 5.34. The smallest absolute Gasteiger partial charge is 0.307 e. The molecule has 0 bridgehead atoms. The Morgan fingerprint density at radius 1 is 1.36 bits per heavy atom. The minimum Gasteiger partial charge on any atom is -0.461 e. The summed E-state index contributed by atoms with van der Waals surface area (Å²) in [4.78, 5) is 13.9. The van der Waals surface area contributed by atoms with E-state index in [2.05, 4.69) is 5.32 Å². The summed E-state index contributed by atoms with van der Waals surface area (Å²) in [5.41, 5.74) is 1.15. The molecular formula is C18H25N4O2S+. The molecule has 1 aromatic heterocycles. The number of ether oxygens (including phenoxy) is 1. The molecule has 0 aliphatic heterocycles. The Morgan fingerprint density at radius 3 is 2.76 bits per heavy atom. The van der Waals surface area contributed by atoms with Crippen molar-refractivity contribution in [1.29, 1.82) is 0 Å². The monoisotopic (exact) mass is 361 g/mol. The molecule has 1 N–H and O–H groups in total. The summed E-state index contributed by atoms with van der Waals surface area (Å²) in [6, 6.07) is 10.0. The van der Waals surface area contributed by atoms with Crippen LogP contribution in [-0.4, -0.2) is 40.7 Å². The Hall–Kier alpha value is -2.41. The maximum absolute atomic E-state index is 12.0. The van der Waals surface area contributed by atoms with Gasteiger partial charge >= 0.3 is 5.97 Å². The molecule has 0 amide bonds. The summed E-state index contributed by atoms with van der Waals surface area (Å²) in [5.74, 6) is -0.214. The Balaban J connectivity index is 1.76. The van der Waals surface area contributed by atoms with Gasteiger partial charge in [-0.1, -0.05) is 30.3 Å². The van der Waals surface area contributed by atoms with Gasteiger partial charge in [-0.3, -0.25) is 4.79 Å². The lowest BCUT2D eigenvalue weighted by Gasteiger charge is -2.24. The molecule has 0 radical (unpaired) electrons. The van der Waals surface area contributed by atoms with Crippen LogP contribution in [0, 0.1) is 0 Å². The van der Waals surface area contributed by atoms with Crippen LogP contribution in [0.4, 0.5) is 0 Å². The van der Waals surface area contributed by atoms with Gasteiger partial charge in [-0.15, -0.1) is 0 Å². The highest BCUT2D eigenvalue weighted by molar-refractivity contribution is 7.80. The van der Waals surface area contributed by atoms with Crippen molar-refractivity contribution in [2.45, 2.75) is 19.5 Å². The summed E-state index contributed by atoms with van der Waals surface area (Å²) < 4.78 is 9.23. The van der Waals surface area contributed by atoms with E-state index in [-0.39, 0.29) is 5.97 Å². The number of imidazole rings is 1. The zero-order valence-electron chi connectivity index (χ0n) is 14.7. The van der Waals surface area contributed by atoms with Gasteiger partial charge in [0.1, 0.15) is 25.5 Å². The Bertz CT molecular complexity index is 687. The molecule has 0 saturated carbocycles. The van der Waals surface area contributed by atoms with Crippen LogP contribution in [0.1, 0.15) is 12.0 Å². The molecule has 0 fully saturated rings. The number of thiocarbonyl (C=S) groups is 1. The van der Waals surface area contributed by atoms with E-state index < -0.39 is 0 Å². The van der Waals surface area contributed by atoms with E-state index in [4.69, 9.17) is 17.0 Å². The Kier molecular flexibility index (Phi) is 7.40. The molecule has 0 aliphatic rings. The highest BCUT2D eigenvalue weighted by Crippen LogP contribution is 2.06. The maximum Gasteiger partial charge on any atom is 0.307 e. The molecule has 1 heterocycles. The van der Waals surface area contributed by atoms with Gasteiger partial charge in [-0.05, 0) is 17.8 Å². The fourth-order valence-corrected chi connectivity index (χ4v) is 2.57. The third-order valence-electron chi connectivity index (χ3n) is 3.74. The van der Waals surface area contributed by atoms with Crippen LogP contribution in [0.25, 0.3) is 0 Å². The van der Waals surface area contributed by atoms with E-state index in [9.17, 15) is 4.79 Å². The van der Waals surface area contributed by atoms with Crippen LogP contribution >= 0.6 is 12.2 Å². The molecule has 2 aromatic rings. The lowest BCUT2D eigenvalue weighted by Crippen LogP contribution is -2.38. The minimum absolute atomic E-state index is 0.214. The van der Waals surface area contributed by atoms with Crippen molar-refractivity contribution in [3.05, 3.63) is 54.6 Å². The molecule has 7 heteroatoms. The number of carbonyl (C=O) groups is 1. The van der Waals surface area contributed by atoms with Crippen LogP contribution in [0.2, 0.25) is 0 Å². The first-order valence-electron chi connectivity index (χ1n) is 8.25. The fraction of sp³-hybridized carbons (Fsp3) is 0.389. The molecule has 6 nitrogen and oxygen atoms in total. The summed E-state index contributed by atoms with van der Waals surface area (Å²) in [7, 11) is 3.74. The summed E-state index contributed by atoms with van der Waals surface area (Å²) in [6.45, 7) is 2.19. The van der Waals surface area contributed by atoms with Gasteiger partial charge in [0, 0.05) is 20.1 Å². The van der Waals surface area contributed by atoms with E-state index in [0.717, 1.165) is 5.56 Å². The number of hydrogen-bond acceptors (Lipinski definition) is 3. The number of rotatable bonds is 8. The SMILES string of the molecule is CNC(=S)N(CCC(=O)OCCn1cc[n+](C)c1)Cc1ccccc1. The molecule has 25 heavy (non-hydrogen) atoms. The van der Waals surface area contributed by atoms with Crippen molar-refractivity contribution in [3.63, 3.8) is 0 Å². The van der Waals surface area contributed by atoms with Gasteiger partial charge in [-0.25, -0.2) is 9.13 Å². The molecule has 134 valence electrons. The number of nitrogens with zero attached hydrogens (tertiary/aromatic N) is 3. The van der Waals surface area contributed by atoms with Crippen LogP contribution in [0.3, 0.4) is 0 Å². The number of nitrogens with one attached hydrogen (secondary N) is 1. The Morgan fingerprint density at radius 2 is 2.12 bits per heavy atom. The number of benzene rings is 1. The first kappa shape index (κ1) is 18.9. The Labute approximate surface area is 154 Å². The molecule has 2 rings (SSSR count). The quantitative estimate of drug-likeness (QED) is 0.436. The van der Waals surface area contributed by atoms with E-state index in [1.165, 1.54) is 0 Å². The predicted molar refractivity (Wildman–Crippen MR) is 99.7 cm³/mol. The van der Waals surface area contributed by atoms with Gasteiger partial charge in [0.15, 0.2) is 5.11 Å². The second-order valence-corrected chi connectivity index (χ2v) is 6.14. The number of aromatic nitrogens is 2. The van der Waals surface area contributed by atoms with E-state index >= 15 is 0 Å². The lowest BCUT2D eigenvalue weighted by molar-refractivity contribution is -0.671. The first-order chi connectivity index (χ1) is 12.1. The topological polar surface area (TPSA) is 50.4 Å². The maximum atomic E-state index is 12.0. The normalized spacial score (nSPS) is 10.3. The summed E-state index contributed by atoms with van der Waals surface area (Å²) in [6.07, 6.45) is 6.14. The number of carbonyl (C=O) groups excluding carboxylic acids is 1. The van der Waals surface area contributed by atoms with Gasteiger partial charge in [0.25, 0.3) is 0 Å². The van der Waals surface area contributed by atoms with E-state index in [1.54, 1.807) is 7.05 Å². The van der Waals surface area contributed by atoms with Crippen LogP contribution in [-0.2, 0) is 29.7 Å². The summed E-state index contributed by atoms with van der Waals surface area (Å²) in [5, 5.41) is 3.60. The number of hydrogen-bond donors (Lipinski definition) is 1. The third-order valence-corrected chi connectivity index (χ3v) is 4.20. The first-order valence-corrected chi connectivity index (χ1v) is 8.66. The van der Waals surface area contributed by atoms with Crippen molar-refractivity contribution in [2.75, 3.05) is 20.2 Å². The minimum atomic E-state index is -0.214. The van der Waals surface area contributed by atoms with E-state index in [0.29, 0.717) is 37.8 Å². The third kappa shape index (κ3) is 6.54. The molecule has 0 aliphatic carbocycles. The molecule has 0 atom stereocenters. The zero-order valence-corrected chi connectivity index (χ0v) is 15.5.